The predicted molar refractivity (Wildman–Crippen MR) is 79.2 cm³/mol. The van der Waals surface area contributed by atoms with Crippen molar-refractivity contribution in [3.63, 3.8) is 0 Å². The molecule has 4 heteroatoms. The fourth-order valence-corrected chi connectivity index (χ4v) is 4.75. The maximum Gasteiger partial charge on any atom is 0.0640 e. The average molecular weight is 277 g/mol. The van der Waals surface area contributed by atoms with E-state index in [-0.39, 0.29) is 6.61 Å². The van der Waals surface area contributed by atoms with Crippen LogP contribution in [0.15, 0.2) is 12.4 Å². The molecule has 1 aromatic rings. The lowest BCUT2D eigenvalue weighted by Crippen LogP contribution is -2.49. The van der Waals surface area contributed by atoms with Crippen LogP contribution in [0.2, 0.25) is 0 Å². The van der Waals surface area contributed by atoms with Gasteiger partial charge in [-0.1, -0.05) is 20.8 Å². The molecule has 1 aromatic heterocycles. The molecule has 0 aromatic carbocycles. The van der Waals surface area contributed by atoms with Gasteiger partial charge in [-0.2, -0.15) is 5.10 Å². The first kappa shape index (κ1) is 14.1. The van der Waals surface area contributed by atoms with Gasteiger partial charge in [0.15, 0.2) is 0 Å². The van der Waals surface area contributed by atoms with Gasteiger partial charge in [0, 0.05) is 24.3 Å². The van der Waals surface area contributed by atoms with Crippen LogP contribution in [-0.4, -0.2) is 27.5 Å². The number of rotatable bonds is 5. The molecule has 2 bridgehead atoms. The minimum atomic E-state index is 0.143. The molecule has 0 saturated heterocycles. The second-order valence-corrected chi connectivity index (χ2v) is 7.56. The number of hydrogen-bond acceptors (Lipinski definition) is 3. The maximum atomic E-state index is 8.93. The van der Waals surface area contributed by atoms with E-state index in [0.717, 1.165) is 12.5 Å². The Morgan fingerprint density at radius 2 is 2.25 bits per heavy atom. The summed E-state index contributed by atoms with van der Waals surface area (Å²) in [6.07, 6.45) is 8.08. The van der Waals surface area contributed by atoms with Crippen LogP contribution in [0.1, 0.15) is 45.6 Å². The number of fused-ring (bicyclic) bond motifs is 2. The molecule has 3 unspecified atom stereocenters. The van der Waals surface area contributed by atoms with Crippen LogP contribution in [0.3, 0.4) is 0 Å². The lowest BCUT2D eigenvalue weighted by Gasteiger charge is -2.43. The van der Waals surface area contributed by atoms with Crippen LogP contribution in [-0.2, 0) is 13.1 Å². The third-order valence-corrected chi connectivity index (χ3v) is 5.80. The van der Waals surface area contributed by atoms with Gasteiger partial charge < -0.3 is 10.4 Å². The highest BCUT2D eigenvalue weighted by atomic mass is 16.3. The molecule has 0 aliphatic heterocycles. The van der Waals surface area contributed by atoms with Crippen molar-refractivity contribution in [3.8, 4) is 0 Å². The minimum Gasteiger partial charge on any atom is -0.394 e. The molecule has 3 rings (SSSR count). The van der Waals surface area contributed by atoms with Crippen molar-refractivity contribution in [1.29, 1.82) is 0 Å². The van der Waals surface area contributed by atoms with Crippen molar-refractivity contribution in [2.45, 2.75) is 59.2 Å². The Morgan fingerprint density at radius 3 is 2.90 bits per heavy atom. The number of aliphatic hydroxyl groups is 1. The van der Waals surface area contributed by atoms with Crippen LogP contribution in [0.4, 0.5) is 0 Å². The Morgan fingerprint density at radius 1 is 1.45 bits per heavy atom. The van der Waals surface area contributed by atoms with Crippen LogP contribution in [0.5, 0.6) is 0 Å². The number of hydrogen-bond donors (Lipinski definition) is 2. The Hall–Kier alpha value is -0.870. The Bertz CT molecular complexity index is 477. The van der Waals surface area contributed by atoms with Crippen LogP contribution in [0, 0.1) is 16.7 Å². The summed E-state index contributed by atoms with van der Waals surface area (Å²) in [6.45, 7) is 8.90. The van der Waals surface area contributed by atoms with Gasteiger partial charge in [-0.15, -0.1) is 0 Å². The summed E-state index contributed by atoms with van der Waals surface area (Å²) >= 11 is 0. The lowest BCUT2D eigenvalue weighted by molar-refractivity contribution is 0.108. The van der Waals surface area contributed by atoms with Gasteiger partial charge in [0.05, 0.1) is 19.3 Å². The highest BCUT2D eigenvalue weighted by Gasteiger charge is 2.58. The average Bonchev–Trinajstić information content (AvgIpc) is 3.01. The zero-order valence-electron chi connectivity index (χ0n) is 12.9. The van der Waals surface area contributed by atoms with E-state index in [2.05, 4.69) is 31.2 Å². The smallest absolute Gasteiger partial charge is 0.0640 e. The second-order valence-electron chi connectivity index (χ2n) is 7.56. The molecule has 2 aliphatic carbocycles. The summed E-state index contributed by atoms with van der Waals surface area (Å²) in [5, 5.41) is 17.0. The molecular weight excluding hydrogens is 250 g/mol. The van der Waals surface area contributed by atoms with Crippen molar-refractivity contribution in [2.75, 3.05) is 6.61 Å². The normalized spacial score (nSPS) is 34.8. The number of aliphatic hydroxyl groups excluding tert-OH is 1. The van der Waals surface area contributed by atoms with Crippen molar-refractivity contribution in [3.05, 3.63) is 18.0 Å². The van der Waals surface area contributed by atoms with Crippen molar-refractivity contribution in [1.82, 2.24) is 15.1 Å². The summed E-state index contributed by atoms with van der Waals surface area (Å²) in [7, 11) is 0. The van der Waals surface area contributed by atoms with Crippen LogP contribution < -0.4 is 5.32 Å². The highest BCUT2D eigenvalue weighted by molar-refractivity contribution is 5.13. The van der Waals surface area contributed by atoms with Gasteiger partial charge in [-0.05, 0) is 36.0 Å². The zero-order chi connectivity index (χ0) is 14.4. The monoisotopic (exact) mass is 277 g/mol. The Balaban J connectivity index is 1.65. The number of nitrogens with one attached hydrogen (secondary N) is 1. The molecule has 0 amide bonds. The third kappa shape index (κ3) is 2.19. The molecule has 2 aliphatic rings. The molecule has 3 atom stereocenters. The fraction of sp³-hybridized carbons (Fsp3) is 0.812. The van der Waals surface area contributed by atoms with Gasteiger partial charge in [-0.3, -0.25) is 4.68 Å². The van der Waals surface area contributed by atoms with E-state index in [9.17, 15) is 0 Å². The second kappa shape index (κ2) is 4.85. The van der Waals surface area contributed by atoms with Crippen molar-refractivity contribution in [2.24, 2.45) is 16.7 Å². The number of aromatic nitrogens is 2. The maximum absolute atomic E-state index is 8.93. The lowest BCUT2D eigenvalue weighted by atomic mass is 9.68. The quantitative estimate of drug-likeness (QED) is 0.867. The van der Waals surface area contributed by atoms with E-state index in [1.807, 2.05) is 17.1 Å². The summed E-state index contributed by atoms with van der Waals surface area (Å²) in [5.74, 6) is 0.877. The fourth-order valence-electron chi connectivity index (χ4n) is 4.75. The van der Waals surface area contributed by atoms with Gasteiger partial charge in [-0.25, -0.2) is 0 Å². The molecule has 0 radical (unpaired) electrons. The molecule has 2 fully saturated rings. The summed E-state index contributed by atoms with van der Waals surface area (Å²) < 4.78 is 1.81. The van der Waals surface area contributed by atoms with E-state index in [4.69, 9.17) is 5.11 Å². The van der Waals surface area contributed by atoms with Gasteiger partial charge in [0.25, 0.3) is 0 Å². The molecule has 112 valence electrons. The standard InChI is InChI=1S/C16H27N3O/c1-15(2)13-4-5-16(3,8-13)14(15)17-9-12-10-18-19(11-12)6-7-20/h10-11,13-14,17,20H,4-9H2,1-3H3. The van der Waals surface area contributed by atoms with Crippen LogP contribution in [0.25, 0.3) is 0 Å². The van der Waals surface area contributed by atoms with Crippen molar-refractivity contribution < 1.29 is 5.11 Å². The van der Waals surface area contributed by atoms with Gasteiger partial charge in [0.1, 0.15) is 0 Å². The molecule has 1 heterocycles. The summed E-state index contributed by atoms with van der Waals surface area (Å²) in [6, 6.07) is 0.593. The Labute approximate surface area is 121 Å². The molecule has 2 saturated carbocycles. The first-order chi connectivity index (χ1) is 9.45. The molecule has 4 nitrogen and oxygen atoms in total. The SMILES string of the molecule is CC12CCC(C1)C(C)(C)C2NCc1cnn(CCO)c1. The van der Waals surface area contributed by atoms with Crippen molar-refractivity contribution >= 4 is 0 Å². The zero-order valence-corrected chi connectivity index (χ0v) is 12.9. The summed E-state index contributed by atoms with van der Waals surface area (Å²) in [4.78, 5) is 0. The summed E-state index contributed by atoms with van der Waals surface area (Å²) in [5.41, 5.74) is 2.07. The Kier molecular flexibility index (Phi) is 3.41. The number of nitrogens with zero attached hydrogens (tertiary/aromatic N) is 2. The molecule has 20 heavy (non-hydrogen) atoms. The largest absolute Gasteiger partial charge is 0.394 e. The first-order valence-corrected chi connectivity index (χ1v) is 7.81. The minimum absolute atomic E-state index is 0.143. The predicted octanol–water partition coefficient (Wildman–Crippen LogP) is 2.18. The highest BCUT2D eigenvalue weighted by Crippen LogP contribution is 2.62. The van der Waals surface area contributed by atoms with E-state index in [1.54, 1.807) is 0 Å². The first-order valence-electron chi connectivity index (χ1n) is 7.81. The van der Waals surface area contributed by atoms with E-state index in [0.29, 0.717) is 23.4 Å². The topological polar surface area (TPSA) is 50.1 Å². The van der Waals surface area contributed by atoms with Gasteiger partial charge >= 0.3 is 0 Å². The van der Waals surface area contributed by atoms with E-state index in [1.165, 1.54) is 24.8 Å². The molecule has 0 spiro atoms. The van der Waals surface area contributed by atoms with E-state index < -0.39 is 0 Å². The van der Waals surface area contributed by atoms with E-state index >= 15 is 0 Å². The molecular formula is C16H27N3O. The third-order valence-electron chi connectivity index (χ3n) is 5.80. The van der Waals surface area contributed by atoms with Crippen LogP contribution >= 0.6 is 0 Å². The molecule has 2 N–H and O–H groups in total. The van der Waals surface area contributed by atoms with Gasteiger partial charge in [0.2, 0.25) is 0 Å².